The highest BCUT2D eigenvalue weighted by Crippen LogP contribution is 2.29. The summed E-state index contributed by atoms with van der Waals surface area (Å²) in [7, 11) is 2.96. The smallest absolute Gasteiger partial charge is 0.387 e. The average Bonchev–Trinajstić information content (AvgIpc) is 2.60. The molecule has 0 N–H and O–H groups in total. The molecular formula is C18H18ClF2NO4. The summed E-state index contributed by atoms with van der Waals surface area (Å²) < 4.78 is 39.5. The molecule has 0 atom stereocenters. The number of ether oxygens (including phenoxy) is 3. The molecule has 0 aliphatic heterocycles. The van der Waals surface area contributed by atoms with Crippen molar-refractivity contribution < 1.29 is 27.8 Å². The van der Waals surface area contributed by atoms with Gasteiger partial charge in [-0.2, -0.15) is 8.78 Å². The summed E-state index contributed by atoms with van der Waals surface area (Å²) in [5.41, 5.74) is 0.696. The van der Waals surface area contributed by atoms with Gasteiger partial charge in [0.25, 0.3) is 5.91 Å². The highest BCUT2D eigenvalue weighted by atomic mass is 35.5. The van der Waals surface area contributed by atoms with Crippen molar-refractivity contribution >= 4 is 17.5 Å². The van der Waals surface area contributed by atoms with Crippen LogP contribution in [0.2, 0.25) is 5.02 Å². The minimum Gasteiger partial charge on any atom is -0.493 e. The Kier molecular flexibility index (Phi) is 7.03. The second kappa shape index (κ2) is 9.24. The Balaban J connectivity index is 1.95. The fourth-order valence-electron chi connectivity index (χ4n) is 2.18. The van der Waals surface area contributed by atoms with Crippen LogP contribution in [0.4, 0.5) is 8.78 Å². The fraction of sp³-hybridized carbons (Fsp3) is 0.278. The molecule has 2 aromatic carbocycles. The number of hydrogen-bond acceptors (Lipinski definition) is 4. The summed E-state index contributed by atoms with van der Waals surface area (Å²) >= 11 is 5.86. The van der Waals surface area contributed by atoms with Gasteiger partial charge in [0, 0.05) is 18.6 Å². The maximum absolute atomic E-state index is 12.4. The van der Waals surface area contributed by atoms with Crippen LogP contribution in [-0.2, 0) is 11.3 Å². The Morgan fingerprint density at radius 3 is 2.62 bits per heavy atom. The molecule has 0 aromatic heterocycles. The Hall–Kier alpha value is -2.54. The third-order valence-corrected chi connectivity index (χ3v) is 3.68. The Morgan fingerprint density at radius 1 is 1.19 bits per heavy atom. The number of benzene rings is 2. The molecule has 0 saturated carbocycles. The van der Waals surface area contributed by atoms with E-state index in [1.54, 1.807) is 43.4 Å². The van der Waals surface area contributed by atoms with Crippen LogP contribution in [-0.4, -0.2) is 38.2 Å². The van der Waals surface area contributed by atoms with Gasteiger partial charge in [-0.05, 0) is 35.9 Å². The van der Waals surface area contributed by atoms with E-state index in [1.165, 1.54) is 18.1 Å². The van der Waals surface area contributed by atoms with Crippen molar-refractivity contribution in [3.63, 3.8) is 0 Å². The van der Waals surface area contributed by atoms with Crippen molar-refractivity contribution in [3.05, 3.63) is 53.1 Å². The summed E-state index contributed by atoms with van der Waals surface area (Å²) in [5, 5.41) is 0.515. The van der Waals surface area contributed by atoms with Crippen LogP contribution in [0.15, 0.2) is 42.5 Å². The van der Waals surface area contributed by atoms with Crippen LogP contribution in [0.5, 0.6) is 17.2 Å². The van der Waals surface area contributed by atoms with Crippen molar-refractivity contribution in [2.75, 3.05) is 20.8 Å². The van der Waals surface area contributed by atoms with Gasteiger partial charge in [0.1, 0.15) is 5.75 Å². The van der Waals surface area contributed by atoms with E-state index in [0.717, 1.165) is 0 Å². The molecule has 0 fully saturated rings. The molecule has 0 radical (unpaired) electrons. The van der Waals surface area contributed by atoms with Crippen LogP contribution in [0, 0.1) is 0 Å². The zero-order chi connectivity index (χ0) is 19.1. The van der Waals surface area contributed by atoms with Gasteiger partial charge < -0.3 is 19.1 Å². The number of rotatable bonds is 8. The number of nitrogens with zero attached hydrogens (tertiary/aromatic N) is 1. The molecule has 0 saturated heterocycles. The average molecular weight is 386 g/mol. The van der Waals surface area contributed by atoms with Gasteiger partial charge in [-0.15, -0.1) is 0 Å². The molecule has 8 heteroatoms. The third kappa shape index (κ3) is 5.77. The molecular weight excluding hydrogens is 368 g/mol. The van der Waals surface area contributed by atoms with Crippen molar-refractivity contribution in [2.24, 2.45) is 0 Å². The third-order valence-electron chi connectivity index (χ3n) is 3.45. The van der Waals surface area contributed by atoms with E-state index in [9.17, 15) is 13.6 Å². The first-order valence-corrected chi connectivity index (χ1v) is 8.01. The molecule has 5 nitrogen and oxygen atoms in total. The second-order valence-corrected chi connectivity index (χ2v) is 5.80. The van der Waals surface area contributed by atoms with E-state index in [1.807, 2.05) is 0 Å². The lowest BCUT2D eigenvalue weighted by Gasteiger charge is -2.19. The zero-order valence-corrected chi connectivity index (χ0v) is 15.0. The number of methoxy groups -OCH3 is 1. The van der Waals surface area contributed by atoms with E-state index < -0.39 is 6.61 Å². The topological polar surface area (TPSA) is 48.0 Å². The molecule has 140 valence electrons. The van der Waals surface area contributed by atoms with E-state index in [-0.39, 0.29) is 30.6 Å². The predicted molar refractivity (Wildman–Crippen MR) is 93.0 cm³/mol. The molecule has 0 aliphatic rings. The first kappa shape index (κ1) is 19.8. The lowest BCUT2D eigenvalue weighted by atomic mass is 10.2. The Labute approximate surface area is 155 Å². The van der Waals surface area contributed by atoms with E-state index in [2.05, 4.69) is 4.74 Å². The van der Waals surface area contributed by atoms with Crippen LogP contribution in [0.25, 0.3) is 0 Å². The molecule has 0 unspecified atom stereocenters. The van der Waals surface area contributed by atoms with Gasteiger partial charge in [-0.1, -0.05) is 23.7 Å². The standard InChI is InChI=1S/C18H18ClF2NO4/c1-22(17(23)11-25-14-5-3-4-13(19)9-14)10-12-6-7-15(26-18(20)21)16(8-12)24-2/h3-9,18H,10-11H2,1-2H3. The summed E-state index contributed by atoms with van der Waals surface area (Å²) in [4.78, 5) is 13.6. The maximum atomic E-state index is 12.4. The lowest BCUT2D eigenvalue weighted by molar-refractivity contribution is -0.132. The number of carbonyl (C=O) groups is 1. The van der Waals surface area contributed by atoms with Gasteiger partial charge >= 0.3 is 6.61 Å². The molecule has 1 amide bonds. The molecule has 26 heavy (non-hydrogen) atoms. The van der Waals surface area contributed by atoms with Crippen LogP contribution in [0.1, 0.15) is 5.56 Å². The van der Waals surface area contributed by atoms with Crippen molar-refractivity contribution in [3.8, 4) is 17.2 Å². The SMILES string of the molecule is COc1cc(CN(C)C(=O)COc2cccc(Cl)c2)ccc1OC(F)F. The number of likely N-dealkylation sites (N-methyl/N-ethyl adjacent to an activating group) is 1. The summed E-state index contributed by atoms with van der Waals surface area (Å²) in [6, 6.07) is 11.2. The molecule has 0 spiro atoms. The van der Waals surface area contributed by atoms with Gasteiger partial charge in [0.05, 0.1) is 7.11 Å². The summed E-state index contributed by atoms with van der Waals surface area (Å²) in [6.07, 6.45) is 0. The largest absolute Gasteiger partial charge is 0.493 e. The second-order valence-electron chi connectivity index (χ2n) is 5.36. The minimum absolute atomic E-state index is 0.0653. The first-order valence-electron chi connectivity index (χ1n) is 7.63. The van der Waals surface area contributed by atoms with Crippen molar-refractivity contribution in [1.29, 1.82) is 0 Å². The Morgan fingerprint density at radius 2 is 1.96 bits per heavy atom. The summed E-state index contributed by atoms with van der Waals surface area (Å²) in [6.45, 7) is -2.84. The zero-order valence-electron chi connectivity index (χ0n) is 14.2. The molecule has 0 bridgehead atoms. The normalized spacial score (nSPS) is 10.5. The number of hydrogen-bond donors (Lipinski definition) is 0. The fourth-order valence-corrected chi connectivity index (χ4v) is 2.36. The minimum atomic E-state index is -2.94. The molecule has 0 heterocycles. The van der Waals surface area contributed by atoms with E-state index in [0.29, 0.717) is 16.3 Å². The number of carbonyl (C=O) groups excluding carboxylic acids is 1. The highest BCUT2D eigenvalue weighted by molar-refractivity contribution is 6.30. The number of alkyl halides is 2. The van der Waals surface area contributed by atoms with E-state index >= 15 is 0 Å². The Bertz CT molecular complexity index is 758. The summed E-state index contributed by atoms with van der Waals surface area (Å²) in [5.74, 6) is 0.342. The van der Waals surface area contributed by atoms with Gasteiger partial charge in [-0.25, -0.2) is 0 Å². The predicted octanol–water partition coefficient (Wildman–Crippen LogP) is 3.99. The molecule has 2 rings (SSSR count). The molecule has 2 aromatic rings. The van der Waals surface area contributed by atoms with Crippen molar-refractivity contribution in [1.82, 2.24) is 4.90 Å². The first-order chi connectivity index (χ1) is 12.4. The van der Waals surface area contributed by atoms with Crippen LogP contribution >= 0.6 is 11.6 Å². The lowest BCUT2D eigenvalue weighted by Crippen LogP contribution is -2.30. The van der Waals surface area contributed by atoms with Crippen LogP contribution in [0.3, 0.4) is 0 Å². The number of halogens is 3. The quantitative estimate of drug-likeness (QED) is 0.689. The molecule has 0 aliphatic carbocycles. The van der Waals surface area contributed by atoms with Gasteiger partial charge in [0.15, 0.2) is 18.1 Å². The monoisotopic (exact) mass is 385 g/mol. The number of amides is 1. The van der Waals surface area contributed by atoms with Crippen molar-refractivity contribution in [2.45, 2.75) is 13.2 Å². The van der Waals surface area contributed by atoms with Gasteiger partial charge in [-0.3, -0.25) is 4.79 Å². The maximum Gasteiger partial charge on any atom is 0.387 e. The van der Waals surface area contributed by atoms with E-state index in [4.69, 9.17) is 21.1 Å². The van der Waals surface area contributed by atoms with Gasteiger partial charge in [0.2, 0.25) is 0 Å². The van der Waals surface area contributed by atoms with Crippen LogP contribution < -0.4 is 14.2 Å². The highest BCUT2D eigenvalue weighted by Gasteiger charge is 2.14.